The van der Waals surface area contributed by atoms with Crippen molar-refractivity contribution in [2.75, 3.05) is 13.2 Å². The van der Waals surface area contributed by atoms with E-state index in [1.54, 1.807) is 16.8 Å². The van der Waals surface area contributed by atoms with Crippen LogP contribution in [0.4, 0.5) is 4.39 Å². The van der Waals surface area contributed by atoms with Gasteiger partial charge in [0.25, 0.3) is 5.91 Å². The number of hydrogen-bond acceptors (Lipinski definition) is 4. The van der Waals surface area contributed by atoms with E-state index in [4.69, 9.17) is 9.47 Å². The Labute approximate surface area is 180 Å². The lowest BCUT2D eigenvalue weighted by Crippen LogP contribution is -2.28. The van der Waals surface area contributed by atoms with Gasteiger partial charge in [0.05, 0.1) is 11.7 Å². The second-order valence-corrected chi connectivity index (χ2v) is 7.97. The van der Waals surface area contributed by atoms with Gasteiger partial charge in [-0.3, -0.25) is 4.79 Å². The fraction of sp³-hybridized carbons (Fsp3) is 0.333. The first-order chi connectivity index (χ1) is 15.1. The van der Waals surface area contributed by atoms with Gasteiger partial charge in [0, 0.05) is 11.3 Å². The molecule has 1 atom stereocenters. The van der Waals surface area contributed by atoms with Crippen molar-refractivity contribution in [1.82, 2.24) is 15.1 Å². The van der Waals surface area contributed by atoms with Gasteiger partial charge in [0.2, 0.25) is 0 Å². The predicted octanol–water partition coefficient (Wildman–Crippen LogP) is 4.15. The van der Waals surface area contributed by atoms with Crippen molar-refractivity contribution < 1.29 is 18.7 Å². The smallest absolute Gasteiger partial charge is 0.272 e. The minimum absolute atomic E-state index is 0.207. The molecule has 3 aromatic rings. The van der Waals surface area contributed by atoms with E-state index in [2.05, 4.69) is 10.4 Å². The zero-order chi connectivity index (χ0) is 21.4. The summed E-state index contributed by atoms with van der Waals surface area (Å²) in [5.74, 6) is 0.917. The highest BCUT2D eigenvalue weighted by Gasteiger charge is 2.26. The van der Waals surface area contributed by atoms with Gasteiger partial charge >= 0.3 is 0 Å². The average Bonchev–Trinajstić information content (AvgIpc) is 3.19. The first-order valence-corrected chi connectivity index (χ1v) is 10.7. The molecule has 0 bridgehead atoms. The van der Waals surface area contributed by atoms with Crippen molar-refractivity contribution in [1.29, 1.82) is 0 Å². The van der Waals surface area contributed by atoms with Gasteiger partial charge in [-0.15, -0.1) is 0 Å². The number of hydrogen-bond donors (Lipinski definition) is 1. The summed E-state index contributed by atoms with van der Waals surface area (Å²) >= 11 is 0. The van der Waals surface area contributed by atoms with Crippen LogP contribution in [0.25, 0.3) is 5.69 Å². The predicted molar refractivity (Wildman–Crippen MR) is 113 cm³/mol. The number of aromatic nitrogens is 2. The largest absolute Gasteiger partial charge is 0.486 e. The van der Waals surface area contributed by atoms with Gasteiger partial charge in [-0.1, -0.05) is 6.07 Å². The van der Waals surface area contributed by atoms with Crippen molar-refractivity contribution in [3.05, 3.63) is 70.8 Å². The van der Waals surface area contributed by atoms with Crippen LogP contribution in [-0.2, 0) is 12.8 Å². The standard InChI is InChI=1S/C24H24FN3O3/c1-15(16-6-11-21-22(14-16)31-13-12-30-21)26-24(29)23-19-4-2-3-5-20(19)28(27-23)18-9-7-17(25)8-10-18/h6-11,14-15H,2-5,12-13H2,1H3,(H,26,29). The molecule has 5 rings (SSSR count). The summed E-state index contributed by atoms with van der Waals surface area (Å²) in [6.07, 6.45) is 3.75. The van der Waals surface area contributed by atoms with Gasteiger partial charge in [-0.05, 0) is 74.6 Å². The number of nitrogens with zero attached hydrogens (tertiary/aromatic N) is 2. The lowest BCUT2D eigenvalue weighted by molar-refractivity contribution is 0.0933. The maximum absolute atomic E-state index is 13.4. The molecule has 1 unspecified atom stereocenters. The molecule has 160 valence electrons. The Morgan fingerprint density at radius 1 is 1.06 bits per heavy atom. The van der Waals surface area contributed by atoms with Crippen LogP contribution < -0.4 is 14.8 Å². The molecule has 0 fully saturated rings. The Bertz CT molecular complexity index is 1120. The molecule has 0 radical (unpaired) electrons. The van der Waals surface area contributed by atoms with Crippen LogP contribution >= 0.6 is 0 Å². The molecule has 1 aliphatic heterocycles. The molecule has 31 heavy (non-hydrogen) atoms. The van der Waals surface area contributed by atoms with E-state index in [0.717, 1.165) is 53.9 Å². The zero-order valence-corrected chi connectivity index (χ0v) is 17.4. The van der Waals surface area contributed by atoms with Crippen LogP contribution in [0.3, 0.4) is 0 Å². The second kappa shape index (κ2) is 8.06. The van der Waals surface area contributed by atoms with E-state index >= 15 is 0 Å². The minimum Gasteiger partial charge on any atom is -0.486 e. The third kappa shape index (κ3) is 3.76. The Kier molecular flexibility index (Phi) is 5.10. The second-order valence-electron chi connectivity index (χ2n) is 7.97. The average molecular weight is 421 g/mol. The van der Waals surface area contributed by atoms with Crippen LogP contribution in [0.1, 0.15) is 53.1 Å². The topological polar surface area (TPSA) is 65.4 Å². The fourth-order valence-electron chi connectivity index (χ4n) is 4.25. The van der Waals surface area contributed by atoms with Crippen molar-refractivity contribution in [2.45, 2.75) is 38.6 Å². The van der Waals surface area contributed by atoms with E-state index < -0.39 is 0 Å². The monoisotopic (exact) mass is 421 g/mol. The molecule has 6 nitrogen and oxygen atoms in total. The van der Waals surface area contributed by atoms with Crippen LogP contribution in [0.15, 0.2) is 42.5 Å². The SMILES string of the molecule is CC(NC(=O)c1nn(-c2ccc(F)cc2)c2c1CCCC2)c1ccc2c(c1)OCCO2. The first kappa shape index (κ1) is 19.6. The first-order valence-electron chi connectivity index (χ1n) is 10.7. The number of nitrogens with one attached hydrogen (secondary N) is 1. The van der Waals surface area contributed by atoms with E-state index in [0.29, 0.717) is 24.7 Å². The molecule has 1 aromatic heterocycles. The number of carbonyl (C=O) groups excluding carboxylic acids is 1. The van der Waals surface area contributed by atoms with E-state index in [1.807, 2.05) is 25.1 Å². The highest BCUT2D eigenvalue weighted by molar-refractivity contribution is 5.94. The van der Waals surface area contributed by atoms with E-state index in [-0.39, 0.29) is 17.8 Å². The molecular formula is C24H24FN3O3. The number of fused-ring (bicyclic) bond motifs is 2. The van der Waals surface area contributed by atoms with Gasteiger partial charge in [-0.2, -0.15) is 5.10 Å². The molecule has 0 saturated heterocycles. The highest BCUT2D eigenvalue weighted by atomic mass is 19.1. The van der Waals surface area contributed by atoms with Crippen LogP contribution in [0.2, 0.25) is 0 Å². The summed E-state index contributed by atoms with van der Waals surface area (Å²) in [7, 11) is 0. The molecule has 2 heterocycles. The number of amides is 1. The maximum atomic E-state index is 13.4. The molecule has 1 N–H and O–H groups in total. The molecule has 0 saturated carbocycles. The van der Waals surface area contributed by atoms with Crippen LogP contribution in [-0.4, -0.2) is 28.9 Å². The maximum Gasteiger partial charge on any atom is 0.272 e. The van der Waals surface area contributed by atoms with Gasteiger partial charge < -0.3 is 14.8 Å². The molecule has 1 aliphatic carbocycles. The van der Waals surface area contributed by atoms with Gasteiger partial charge in [0.15, 0.2) is 17.2 Å². The summed E-state index contributed by atoms with van der Waals surface area (Å²) in [4.78, 5) is 13.2. The Hall–Kier alpha value is -3.35. The number of benzene rings is 2. The van der Waals surface area contributed by atoms with Crippen molar-refractivity contribution in [3.8, 4) is 17.2 Å². The quantitative estimate of drug-likeness (QED) is 0.687. The minimum atomic E-state index is -0.295. The third-order valence-electron chi connectivity index (χ3n) is 5.88. The van der Waals surface area contributed by atoms with Crippen LogP contribution in [0, 0.1) is 5.82 Å². The van der Waals surface area contributed by atoms with Gasteiger partial charge in [-0.25, -0.2) is 9.07 Å². The van der Waals surface area contributed by atoms with Crippen molar-refractivity contribution >= 4 is 5.91 Å². The molecular weight excluding hydrogens is 397 g/mol. The number of halogens is 1. The Morgan fingerprint density at radius 2 is 1.81 bits per heavy atom. The highest BCUT2D eigenvalue weighted by Crippen LogP contribution is 2.33. The molecule has 7 heteroatoms. The fourth-order valence-corrected chi connectivity index (χ4v) is 4.25. The Morgan fingerprint density at radius 3 is 2.61 bits per heavy atom. The lowest BCUT2D eigenvalue weighted by Gasteiger charge is -2.21. The summed E-state index contributed by atoms with van der Waals surface area (Å²) < 4.78 is 26.4. The molecule has 1 amide bonds. The summed E-state index contributed by atoms with van der Waals surface area (Å²) in [6, 6.07) is 11.7. The zero-order valence-electron chi connectivity index (χ0n) is 17.4. The van der Waals surface area contributed by atoms with Crippen LogP contribution in [0.5, 0.6) is 11.5 Å². The van der Waals surface area contributed by atoms with Crippen molar-refractivity contribution in [3.63, 3.8) is 0 Å². The normalized spacial score (nSPS) is 15.8. The number of rotatable bonds is 4. The summed E-state index contributed by atoms with van der Waals surface area (Å²) in [5.41, 5.74) is 4.17. The van der Waals surface area contributed by atoms with E-state index in [9.17, 15) is 9.18 Å². The number of ether oxygens (including phenoxy) is 2. The molecule has 2 aliphatic rings. The van der Waals surface area contributed by atoms with Gasteiger partial charge in [0.1, 0.15) is 19.0 Å². The van der Waals surface area contributed by atoms with E-state index in [1.165, 1.54) is 12.1 Å². The third-order valence-corrected chi connectivity index (χ3v) is 5.88. The van der Waals surface area contributed by atoms with Crippen molar-refractivity contribution in [2.24, 2.45) is 0 Å². The lowest BCUT2D eigenvalue weighted by atomic mass is 9.95. The number of carbonyl (C=O) groups is 1. The summed E-state index contributed by atoms with van der Waals surface area (Å²) in [6.45, 7) is 3.00. The Balaban J connectivity index is 1.42. The molecule has 2 aromatic carbocycles. The summed E-state index contributed by atoms with van der Waals surface area (Å²) in [5, 5.41) is 7.72. The molecule has 0 spiro atoms.